The minimum atomic E-state index is -0.0587. The molecule has 25 heavy (non-hydrogen) atoms. The molecular formula is C21H22N2O2. The van der Waals surface area contributed by atoms with Gasteiger partial charge in [-0.05, 0) is 43.7 Å². The first-order chi connectivity index (χ1) is 12.1. The summed E-state index contributed by atoms with van der Waals surface area (Å²) in [5.41, 5.74) is 2.35. The van der Waals surface area contributed by atoms with Crippen LogP contribution in [-0.2, 0) is 6.54 Å². The summed E-state index contributed by atoms with van der Waals surface area (Å²) >= 11 is 0. The minimum Gasteiger partial charge on any atom is -0.497 e. The van der Waals surface area contributed by atoms with E-state index >= 15 is 0 Å². The molecule has 0 radical (unpaired) electrons. The Morgan fingerprint density at radius 2 is 1.84 bits per heavy atom. The highest BCUT2D eigenvalue weighted by molar-refractivity contribution is 5.95. The maximum atomic E-state index is 13.0. The zero-order valence-corrected chi connectivity index (χ0v) is 14.8. The van der Waals surface area contributed by atoms with Crippen molar-refractivity contribution in [2.45, 2.75) is 26.4 Å². The highest BCUT2D eigenvalue weighted by Crippen LogP contribution is 2.21. The largest absolute Gasteiger partial charge is 0.497 e. The summed E-state index contributed by atoms with van der Waals surface area (Å²) in [6, 6.07) is 19.4. The van der Waals surface area contributed by atoms with Crippen LogP contribution in [0, 0.1) is 0 Å². The molecule has 128 valence electrons. The summed E-state index contributed by atoms with van der Waals surface area (Å²) in [5, 5.41) is 0.954. The van der Waals surface area contributed by atoms with Crippen LogP contribution in [0.5, 0.6) is 5.75 Å². The van der Waals surface area contributed by atoms with E-state index in [1.54, 1.807) is 13.2 Å². The number of hydrogen-bond donors (Lipinski definition) is 0. The van der Waals surface area contributed by atoms with E-state index in [0.29, 0.717) is 12.2 Å². The van der Waals surface area contributed by atoms with Crippen LogP contribution in [0.15, 0.2) is 60.7 Å². The van der Waals surface area contributed by atoms with Gasteiger partial charge in [0.15, 0.2) is 0 Å². The second kappa shape index (κ2) is 7.34. The molecule has 0 aliphatic carbocycles. The third-order valence-corrected chi connectivity index (χ3v) is 4.20. The van der Waals surface area contributed by atoms with Crippen LogP contribution in [0.2, 0.25) is 0 Å². The Hall–Kier alpha value is -2.88. The van der Waals surface area contributed by atoms with E-state index in [9.17, 15) is 4.79 Å². The zero-order valence-electron chi connectivity index (χ0n) is 14.8. The predicted molar refractivity (Wildman–Crippen MR) is 99.7 cm³/mol. The number of pyridine rings is 1. The fourth-order valence-corrected chi connectivity index (χ4v) is 2.77. The number of benzene rings is 2. The van der Waals surface area contributed by atoms with Gasteiger partial charge in [0.25, 0.3) is 5.91 Å². The first kappa shape index (κ1) is 17.0. The van der Waals surface area contributed by atoms with Gasteiger partial charge in [0.05, 0.1) is 12.6 Å². The zero-order chi connectivity index (χ0) is 17.8. The average molecular weight is 334 g/mol. The number of hydrogen-bond acceptors (Lipinski definition) is 3. The molecule has 4 nitrogen and oxygen atoms in total. The van der Waals surface area contributed by atoms with Gasteiger partial charge in [-0.1, -0.05) is 36.4 Å². The number of rotatable bonds is 5. The van der Waals surface area contributed by atoms with Crippen molar-refractivity contribution < 1.29 is 9.53 Å². The van der Waals surface area contributed by atoms with Crippen LogP contribution in [0.4, 0.5) is 0 Å². The third kappa shape index (κ3) is 3.79. The maximum absolute atomic E-state index is 13.0. The lowest BCUT2D eigenvalue weighted by atomic mass is 10.1. The summed E-state index contributed by atoms with van der Waals surface area (Å²) in [6.07, 6.45) is 0. The van der Waals surface area contributed by atoms with Crippen molar-refractivity contribution in [2.75, 3.05) is 7.11 Å². The van der Waals surface area contributed by atoms with Gasteiger partial charge in [-0.15, -0.1) is 0 Å². The van der Waals surface area contributed by atoms with Crippen molar-refractivity contribution in [3.63, 3.8) is 0 Å². The molecule has 2 aromatic carbocycles. The number of nitrogens with zero attached hydrogens (tertiary/aromatic N) is 2. The lowest BCUT2D eigenvalue weighted by Crippen LogP contribution is -2.36. The average Bonchev–Trinajstić information content (AvgIpc) is 2.65. The lowest BCUT2D eigenvalue weighted by Gasteiger charge is -2.26. The van der Waals surface area contributed by atoms with Gasteiger partial charge in [-0.2, -0.15) is 0 Å². The van der Waals surface area contributed by atoms with E-state index in [2.05, 4.69) is 4.98 Å². The second-order valence-electron chi connectivity index (χ2n) is 6.27. The van der Waals surface area contributed by atoms with Crippen LogP contribution in [0.1, 0.15) is 29.9 Å². The Labute approximate surface area is 148 Å². The fourth-order valence-electron chi connectivity index (χ4n) is 2.77. The maximum Gasteiger partial charge on any atom is 0.273 e. The fraction of sp³-hybridized carbons (Fsp3) is 0.238. The van der Waals surface area contributed by atoms with E-state index in [4.69, 9.17) is 4.74 Å². The monoisotopic (exact) mass is 334 g/mol. The first-order valence-electron chi connectivity index (χ1n) is 8.38. The van der Waals surface area contributed by atoms with Gasteiger partial charge in [0, 0.05) is 18.0 Å². The standard InChI is InChI=1S/C21H22N2O2/c1-15(2)23(14-16-7-5-4-6-8-16)21(24)20-11-9-17-13-18(25-3)10-12-19(17)22-20/h4-13,15H,14H2,1-3H3. The van der Waals surface area contributed by atoms with Gasteiger partial charge in [-0.3, -0.25) is 4.79 Å². The van der Waals surface area contributed by atoms with E-state index in [1.807, 2.05) is 73.3 Å². The highest BCUT2D eigenvalue weighted by Gasteiger charge is 2.20. The Morgan fingerprint density at radius 3 is 2.52 bits per heavy atom. The number of ether oxygens (including phenoxy) is 1. The van der Waals surface area contributed by atoms with Crippen molar-refractivity contribution in [1.82, 2.24) is 9.88 Å². The van der Waals surface area contributed by atoms with Gasteiger partial charge in [0.2, 0.25) is 0 Å². The van der Waals surface area contributed by atoms with E-state index in [0.717, 1.165) is 22.2 Å². The summed E-state index contributed by atoms with van der Waals surface area (Å²) in [7, 11) is 1.64. The third-order valence-electron chi connectivity index (χ3n) is 4.20. The molecule has 0 fully saturated rings. The van der Waals surface area contributed by atoms with Crippen LogP contribution < -0.4 is 4.74 Å². The smallest absolute Gasteiger partial charge is 0.273 e. The molecule has 1 heterocycles. The molecule has 0 aliphatic heterocycles. The molecule has 0 unspecified atom stereocenters. The summed E-state index contributed by atoms with van der Waals surface area (Å²) in [6.45, 7) is 4.61. The quantitative estimate of drug-likeness (QED) is 0.699. The van der Waals surface area contributed by atoms with E-state index < -0.39 is 0 Å². The first-order valence-corrected chi connectivity index (χ1v) is 8.38. The summed E-state index contributed by atoms with van der Waals surface area (Å²) < 4.78 is 5.23. The Morgan fingerprint density at radius 1 is 1.08 bits per heavy atom. The number of fused-ring (bicyclic) bond motifs is 1. The minimum absolute atomic E-state index is 0.0587. The summed E-state index contributed by atoms with van der Waals surface area (Å²) in [5.74, 6) is 0.720. The van der Waals surface area contributed by atoms with E-state index in [-0.39, 0.29) is 11.9 Å². The molecule has 0 bridgehead atoms. The van der Waals surface area contributed by atoms with Crippen LogP contribution in [0.3, 0.4) is 0 Å². The molecule has 0 atom stereocenters. The molecule has 1 amide bonds. The van der Waals surface area contributed by atoms with Crippen molar-refractivity contribution in [1.29, 1.82) is 0 Å². The van der Waals surface area contributed by atoms with Gasteiger partial charge in [-0.25, -0.2) is 4.98 Å². The lowest BCUT2D eigenvalue weighted by molar-refractivity contribution is 0.0684. The second-order valence-corrected chi connectivity index (χ2v) is 6.27. The number of aromatic nitrogens is 1. The molecule has 0 saturated carbocycles. The molecule has 0 saturated heterocycles. The normalized spacial score (nSPS) is 10.9. The molecule has 4 heteroatoms. The number of amides is 1. The van der Waals surface area contributed by atoms with E-state index in [1.165, 1.54) is 0 Å². The number of carbonyl (C=O) groups is 1. The molecule has 3 aromatic rings. The van der Waals surface area contributed by atoms with Gasteiger partial charge < -0.3 is 9.64 Å². The number of methoxy groups -OCH3 is 1. The van der Waals surface area contributed by atoms with Crippen molar-refractivity contribution in [3.8, 4) is 5.75 Å². The molecule has 1 aromatic heterocycles. The van der Waals surface area contributed by atoms with Crippen LogP contribution in [-0.4, -0.2) is 28.9 Å². The molecule has 0 N–H and O–H groups in total. The van der Waals surface area contributed by atoms with Crippen molar-refractivity contribution >= 4 is 16.8 Å². The topological polar surface area (TPSA) is 42.4 Å². The van der Waals surface area contributed by atoms with Crippen LogP contribution in [0.25, 0.3) is 10.9 Å². The van der Waals surface area contributed by atoms with Crippen LogP contribution >= 0.6 is 0 Å². The number of carbonyl (C=O) groups excluding carboxylic acids is 1. The Bertz CT molecular complexity index is 875. The predicted octanol–water partition coefficient (Wildman–Crippen LogP) is 4.29. The molecule has 0 aliphatic rings. The SMILES string of the molecule is COc1ccc2nc(C(=O)N(Cc3ccccc3)C(C)C)ccc2c1. The highest BCUT2D eigenvalue weighted by atomic mass is 16.5. The van der Waals surface area contributed by atoms with Gasteiger partial charge in [0.1, 0.15) is 11.4 Å². The van der Waals surface area contributed by atoms with Crippen molar-refractivity contribution in [3.05, 3.63) is 71.9 Å². The molecule has 0 spiro atoms. The molecule has 3 rings (SSSR count). The van der Waals surface area contributed by atoms with Gasteiger partial charge >= 0.3 is 0 Å². The summed E-state index contributed by atoms with van der Waals surface area (Å²) in [4.78, 5) is 19.4. The Kier molecular flexibility index (Phi) is 4.98. The van der Waals surface area contributed by atoms with Crippen molar-refractivity contribution in [2.24, 2.45) is 0 Å². The Balaban J connectivity index is 1.90. The molecular weight excluding hydrogens is 312 g/mol.